The van der Waals surface area contributed by atoms with Gasteiger partial charge in [-0.2, -0.15) is 0 Å². The molecule has 1 N–H and O–H groups in total. The molecule has 1 aromatic carbocycles. The molecule has 1 atom stereocenters. The van der Waals surface area contributed by atoms with E-state index < -0.39 is 6.04 Å². The van der Waals surface area contributed by atoms with Crippen LogP contribution in [0.15, 0.2) is 18.2 Å². The third-order valence-corrected chi connectivity index (χ3v) is 3.02. The molecule has 0 saturated carbocycles. The number of rotatable bonds is 5. The summed E-state index contributed by atoms with van der Waals surface area (Å²) >= 11 is 12.0. The first-order valence-corrected chi connectivity index (χ1v) is 6.47. The van der Waals surface area contributed by atoms with E-state index in [1.54, 1.807) is 18.2 Å². The first kappa shape index (κ1) is 15.3. The molecule has 0 fully saturated rings. The predicted octanol–water partition coefficient (Wildman–Crippen LogP) is 3.45. The van der Waals surface area contributed by atoms with Crippen LogP contribution in [0.1, 0.15) is 25.5 Å². The Morgan fingerprint density at radius 1 is 1.39 bits per heavy atom. The van der Waals surface area contributed by atoms with Gasteiger partial charge in [0.15, 0.2) is 0 Å². The molecular formula is C13H17Cl2NO2. The van der Waals surface area contributed by atoms with Crippen molar-refractivity contribution in [3.05, 3.63) is 33.8 Å². The predicted molar refractivity (Wildman–Crippen MR) is 74.1 cm³/mol. The van der Waals surface area contributed by atoms with Gasteiger partial charge in [-0.25, -0.2) is 4.79 Å². The summed E-state index contributed by atoms with van der Waals surface area (Å²) in [5.41, 5.74) is 0.636. The monoisotopic (exact) mass is 289 g/mol. The highest BCUT2D eigenvalue weighted by Gasteiger charge is 2.23. The van der Waals surface area contributed by atoms with E-state index in [9.17, 15) is 4.79 Å². The maximum Gasteiger partial charge on any atom is 0.327 e. The SMILES string of the molecule is COC(=O)C(NCC(C)C)c1cc(Cl)ccc1Cl. The number of carbonyl (C=O) groups excluding carboxylic acids is 1. The van der Waals surface area contributed by atoms with Gasteiger partial charge in [0.25, 0.3) is 0 Å². The van der Waals surface area contributed by atoms with Crippen LogP contribution >= 0.6 is 23.2 Å². The van der Waals surface area contributed by atoms with Crippen molar-refractivity contribution in [2.75, 3.05) is 13.7 Å². The number of ether oxygens (including phenoxy) is 1. The largest absolute Gasteiger partial charge is 0.468 e. The van der Waals surface area contributed by atoms with Gasteiger partial charge in [-0.1, -0.05) is 37.0 Å². The summed E-state index contributed by atoms with van der Waals surface area (Å²) in [6, 6.07) is 4.44. The quantitative estimate of drug-likeness (QED) is 0.844. The number of hydrogen-bond acceptors (Lipinski definition) is 3. The van der Waals surface area contributed by atoms with Crippen molar-refractivity contribution in [1.82, 2.24) is 5.32 Å². The fraction of sp³-hybridized carbons (Fsp3) is 0.462. The second kappa shape index (κ2) is 6.98. The third kappa shape index (κ3) is 4.16. The summed E-state index contributed by atoms with van der Waals surface area (Å²) in [7, 11) is 1.35. The van der Waals surface area contributed by atoms with Gasteiger partial charge in [-0.3, -0.25) is 0 Å². The second-order valence-corrected chi connectivity index (χ2v) is 5.27. The van der Waals surface area contributed by atoms with Crippen LogP contribution < -0.4 is 5.32 Å². The molecule has 0 aliphatic rings. The van der Waals surface area contributed by atoms with E-state index in [1.807, 2.05) is 0 Å². The lowest BCUT2D eigenvalue weighted by molar-refractivity contribution is -0.143. The number of benzene rings is 1. The fourth-order valence-electron chi connectivity index (χ4n) is 1.53. The van der Waals surface area contributed by atoms with Crippen LogP contribution in [0.3, 0.4) is 0 Å². The van der Waals surface area contributed by atoms with E-state index in [2.05, 4.69) is 19.2 Å². The van der Waals surface area contributed by atoms with Gasteiger partial charge in [0, 0.05) is 15.6 Å². The van der Waals surface area contributed by atoms with E-state index >= 15 is 0 Å². The Hall–Kier alpha value is -0.770. The molecule has 0 aromatic heterocycles. The van der Waals surface area contributed by atoms with E-state index in [0.717, 1.165) is 0 Å². The Morgan fingerprint density at radius 3 is 2.61 bits per heavy atom. The molecule has 0 heterocycles. The number of esters is 1. The number of halogens is 2. The van der Waals surface area contributed by atoms with E-state index in [1.165, 1.54) is 7.11 Å². The standard InChI is InChI=1S/C13H17Cl2NO2/c1-8(2)7-16-12(13(17)18-3)10-6-9(14)4-5-11(10)15/h4-6,8,12,16H,7H2,1-3H3. The zero-order valence-electron chi connectivity index (χ0n) is 10.7. The normalized spacial score (nSPS) is 12.6. The van der Waals surface area contributed by atoms with E-state index in [-0.39, 0.29) is 5.97 Å². The van der Waals surface area contributed by atoms with Gasteiger partial charge in [0.05, 0.1) is 7.11 Å². The van der Waals surface area contributed by atoms with Gasteiger partial charge in [-0.15, -0.1) is 0 Å². The lowest BCUT2D eigenvalue weighted by atomic mass is 10.1. The topological polar surface area (TPSA) is 38.3 Å². The molecule has 0 aliphatic heterocycles. The molecular weight excluding hydrogens is 273 g/mol. The Bertz CT molecular complexity index is 421. The summed E-state index contributed by atoms with van der Waals surface area (Å²) in [5.74, 6) is 0.0370. The first-order chi connectivity index (χ1) is 8.45. The van der Waals surface area contributed by atoms with Crippen LogP contribution in [0.25, 0.3) is 0 Å². The van der Waals surface area contributed by atoms with Gasteiger partial charge >= 0.3 is 5.97 Å². The molecule has 1 aromatic rings. The van der Waals surface area contributed by atoms with Crippen LogP contribution in [0.4, 0.5) is 0 Å². The fourth-order valence-corrected chi connectivity index (χ4v) is 1.93. The van der Waals surface area contributed by atoms with Gasteiger partial charge in [0.2, 0.25) is 0 Å². The average molecular weight is 290 g/mol. The van der Waals surface area contributed by atoms with Crippen molar-refractivity contribution in [2.24, 2.45) is 5.92 Å². The number of carbonyl (C=O) groups is 1. The molecule has 3 nitrogen and oxygen atoms in total. The zero-order chi connectivity index (χ0) is 13.7. The molecule has 1 rings (SSSR count). The lowest BCUT2D eigenvalue weighted by Gasteiger charge is -2.19. The molecule has 18 heavy (non-hydrogen) atoms. The van der Waals surface area contributed by atoms with Crippen molar-refractivity contribution < 1.29 is 9.53 Å². The highest BCUT2D eigenvalue weighted by atomic mass is 35.5. The van der Waals surface area contributed by atoms with Crippen LogP contribution in [-0.4, -0.2) is 19.6 Å². The van der Waals surface area contributed by atoms with Crippen LogP contribution in [0.5, 0.6) is 0 Å². The van der Waals surface area contributed by atoms with E-state index in [0.29, 0.717) is 28.1 Å². The molecule has 0 saturated heterocycles. The minimum absolute atomic E-state index is 0.375. The summed E-state index contributed by atoms with van der Waals surface area (Å²) < 4.78 is 4.79. The van der Waals surface area contributed by atoms with E-state index in [4.69, 9.17) is 27.9 Å². The molecule has 0 amide bonds. The highest BCUT2D eigenvalue weighted by molar-refractivity contribution is 6.33. The minimum Gasteiger partial charge on any atom is -0.468 e. The third-order valence-electron chi connectivity index (χ3n) is 2.44. The van der Waals surface area contributed by atoms with Crippen LogP contribution in [0, 0.1) is 5.92 Å². The Morgan fingerprint density at radius 2 is 2.06 bits per heavy atom. The van der Waals surface area contributed by atoms with Crippen molar-refractivity contribution in [2.45, 2.75) is 19.9 Å². The summed E-state index contributed by atoms with van der Waals surface area (Å²) in [6.07, 6.45) is 0. The molecule has 0 spiro atoms. The average Bonchev–Trinajstić information content (AvgIpc) is 2.32. The summed E-state index contributed by atoms with van der Waals surface area (Å²) in [5, 5.41) is 4.17. The molecule has 0 radical (unpaired) electrons. The Balaban J connectivity index is 3.01. The van der Waals surface area contributed by atoms with Crippen LogP contribution in [0.2, 0.25) is 10.0 Å². The molecule has 0 bridgehead atoms. The molecule has 5 heteroatoms. The number of nitrogens with one attached hydrogen (secondary N) is 1. The van der Waals surface area contributed by atoms with Gasteiger partial charge in [-0.05, 0) is 30.7 Å². The van der Waals surface area contributed by atoms with Crippen molar-refractivity contribution in [3.63, 3.8) is 0 Å². The van der Waals surface area contributed by atoms with Gasteiger partial charge < -0.3 is 10.1 Å². The van der Waals surface area contributed by atoms with Gasteiger partial charge in [0.1, 0.15) is 6.04 Å². The summed E-state index contributed by atoms with van der Waals surface area (Å²) in [4.78, 5) is 11.8. The summed E-state index contributed by atoms with van der Waals surface area (Å²) in [6.45, 7) is 4.80. The molecule has 0 aliphatic carbocycles. The van der Waals surface area contributed by atoms with Crippen molar-refractivity contribution in [1.29, 1.82) is 0 Å². The second-order valence-electron chi connectivity index (χ2n) is 4.42. The maximum atomic E-state index is 11.8. The first-order valence-electron chi connectivity index (χ1n) is 5.72. The molecule has 1 unspecified atom stereocenters. The Labute approximate surface area is 117 Å². The number of hydrogen-bond donors (Lipinski definition) is 1. The Kier molecular flexibility index (Phi) is 5.93. The zero-order valence-corrected chi connectivity index (χ0v) is 12.2. The minimum atomic E-state index is -0.594. The van der Waals surface area contributed by atoms with Crippen molar-refractivity contribution >= 4 is 29.2 Å². The highest BCUT2D eigenvalue weighted by Crippen LogP contribution is 2.27. The molecule has 100 valence electrons. The maximum absolute atomic E-state index is 11.8. The van der Waals surface area contributed by atoms with Crippen LogP contribution in [-0.2, 0) is 9.53 Å². The number of methoxy groups -OCH3 is 1. The lowest BCUT2D eigenvalue weighted by Crippen LogP contribution is -2.32. The van der Waals surface area contributed by atoms with Crippen molar-refractivity contribution in [3.8, 4) is 0 Å². The smallest absolute Gasteiger partial charge is 0.327 e.